The molecule has 29 heavy (non-hydrogen) atoms. The predicted molar refractivity (Wildman–Crippen MR) is 102 cm³/mol. The van der Waals surface area contributed by atoms with Crippen molar-refractivity contribution < 1.29 is 38.8 Å². The average Bonchev–Trinajstić information content (AvgIpc) is 2.70. The second kappa shape index (κ2) is 9.98. The Morgan fingerprint density at radius 1 is 1.00 bits per heavy atom. The molecule has 0 aliphatic heterocycles. The van der Waals surface area contributed by atoms with Gasteiger partial charge < -0.3 is 24.4 Å². The van der Waals surface area contributed by atoms with E-state index < -0.39 is 23.9 Å². The number of ether oxygens (including phenoxy) is 3. The van der Waals surface area contributed by atoms with Gasteiger partial charge in [0.1, 0.15) is 18.1 Å². The highest BCUT2D eigenvalue weighted by molar-refractivity contribution is 5.93. The van der Waals surface area contributed by atoms with Gasteiger partial charge in [-0.25, -0.2) is 4.79 Å². The van der Waals surface area contributed by atoms with Gasteiger partial charge in [-0.15, -0.1) is 0 Å². The molecule has 0 atom stereocenters. The summed E-state index contributed by atoms with van der Waals surface area (Å²) in [5, 5.41) is 20.6. The standard InChI is InChI=1S/C20H21NO8/c1-27-15-5-3-4-14(10-15)21-20(26)29-11-13-8-12(6-7-17(13)28-2)9-16(18(22)23)19(24)25/h3-8,10,16H,9,11H2,1-2H3,(H,21,26)(H,22,23)(H,24,25). The Morgan fingerprint density at radius 2 is 1.72 bits per heavy atom. The van der Waals surface area contributed by atoms with Crippen LogP contribution in [0.5, 0.6) is 11.5 Å². The minimum Gasteiger partial charge on any atom is -0.497 e. The number of carboxylic acid groups (broad SMARTS) is 2. The molecule has 0 saturated carbocycles. The third-order valence-electron chi connectivity index (χ3n) is 4.06. The van der Waals surface area contributed by atoms with Gasteiger partial charge >= 0.3 is 18.0 Å². The first kappa shape index (κ1) is 21.5. The van der Waals surface area contributed by atoms with E-state index in [0.717, 1.165) is 0 Å². The van der Waals surface area contributed by atoms with Crippen molar-refractivity contribution in [3.05, 3.63) is 53.6 Å². The largest absolute Gasteiger partial charge is 0.497 e. The molecule has 0 unspecified atom stereocenters. The van der Waals surface area contributed by atoms with Crippen molar-refractivity contribution in [1.29, 1.82) is 0 Å². The van der Waals surface area contributed by atoms with Crippen LogP contribution in [0.1, 0.15) is 11.1 Å². The lowest BCUT2D eigenvalue weighted by Crippen LogP contribution is -2.25. The Bertz CT molecular complexity index is 882. The molecule has 2 aromatic carbocycles. The second-order valence-electron chi connectivity index (χ2n) is 6.01. The number of aliphatic carboxylic acids is 2. The van der Waals surface area contributed by atoms with Crippen LogP contribution in [-0.2, 0) is 27.4 Å². The normalized spacial score (nSPS) is 10.3. The summed E-state index contributed by atoms with van der Waals surface area (Å²) in [7, 11) is 2.95. The molecule has 0 aromatic heterocycles. The zero-order chi connectivity index (χ0) is 21.4. The summed E-state index contributed by atoms with van der Waals surface area (Å²) in [4.78, 5) is 34.2. The molecule has 0 spiro atoms. The van der Waals surface area contributed by atoms with Crippen LogP contribution in [0, 0.1) is 5.92 Å². The molecule has 154 valence electrons. The highest BCUT2D eigenvalue weighted by atomic mass is 16.5. The minimum absolute atomic E-state index is 0.155. The average molecular weight is 403 g/mol. The number of carbonyl (C=O) groups excluding carboxylic acids is 1. The van der Waals surface area contributed by atoms with Crippen molar-refractivity contribution >= 4 is 23.7 Å². The van der Waals surface area contributed by atoms with Gasteiger partial charge in [-0.3, -0.25) is 14.9 Å². The maximum atomic E-state index is 12.1. The lowest BCUT2D eigenvalue weighted by molar-refractivity contribution is -0.154. The topological polar surface area (TPSA) is 131 Å². The van der Waals surface area contributed by atoms with E-state index in [2.05, 4.69) is 5.32 Å². The summed E-state index contributed by atoms with van der Waals surface area (Å²) in [5.74, 6) is -3.44. The van der Waals surface area contributed by atoms with Gasteiger partial charge in [0.05, 0.1) is 14.2 Å². The number of carboxylic acids is 2. The van der Waals surface area contributed by atoms with Gasteiger partial charge in [0.25, 0.3) is 0 Å². The minimum atomic E-state index is -1.58. The maximum Gasteiger partial charge on any atom is 0.411 e. The van der Waals surface area contributed by atoms with Crippen LogP contribution in [0.2, 0.25) is 0 Å². The monoisotopic (exact) mass is 403 g/mol. The Kier molecular flexibility index (Phi) is 7.41. The molecular weight excluding hydrogens is 382 g/mol. The first-order valence-corrected chi connectivity index (χ1v) is 8.53. The first-order chi connectivity index (χ1) is 13.8. The van der Waals surface area contributed by atoms with Gasteiger partial charge in [-0.05, 0) is 36.2 Å². The van der Waals surface area contributed by atoms with Crippen molar-refractivity contribution in [3.8, 4) is 11.5 Å². The van der Waals surface area contributed by atoms with Crippen molar-refractivity contribution in [3.63, 3.8) is 0 Å². The number of benzene rings is 2. The summed E-state index contributed by atoms with van der Waals surface area (Å²) in [6.07, 6.45) is -0.919. The highest BCUT2D eigenvalue weighted by Crippen LogP contribution is 2.23. The van der Waals surface area contributed by atoms with Crippen LogP contribution in [0.4, 0.5) is 10.5 Å². The second-order valence-corrected chi connectivity index (χ2v) is 6.01. The molecule has 0 aliphatic rings. The van der Waals surface area contributed by atoms with Gasteiger partial charge in [-0.2, -0.15) is 0 Å². The van der Waals surface area contributed by atoms with Crippen LogP contribution >= 0.6 is 0 Å². The molecule has 9 heteroatoms. The molecule has 9 nitrogen and oxygen atoms in total. The zero-order valence-electron chi connectivity index (χ0n) is 15.9. The van der Waals surface area contributed by atoms with Crippen LogP contribution in [0.25, 0.3) is 0 Å². The summed E-state index contributed by atoms with van der Waals surface area (Å²) < 4.78 is 15.5. The summed E-state index contributed by atoms with van der Waals surface area (Å²) >= 11 is 0. The number of methoxy groups -OCH3 is 2. The van der Waals surface area contributed by atoms with E-state index in [0.29, 0.717) is 28.3 Å². The maximum absolute atomic E-state index is 12.1. The summed E-state index contributed by atoms with van der Waals surface area (Å²) in [5.41, 5.74) is 1.42. The fourth-order valence-electron chi connectivity index (χ4n) is 2.59. The third kappa shape index (κ3) is 6.13. The predicted octanol–water partition coefficient (Wildman–Crippen LogP) is 2.78. The smallest absolute Gasteiger partial charge is 0.411 e. The quantitative estimate of drug-likeness (QED) is 0.545. The molecule has 2 rings (SSSR count). The summed E-state index contributed by atoms with van der Waals surface area (Å²) in [6.45, 7) is -0.155. The Labute approximate surface area is 166 Å². The van der Waals surface area contributed by atoms with Gasteiger partial charge in [-0.1, -0.05) is 12.1 Å². The molecule has 0 aliphatic carbocycles. The number of hydrogen-bond acceptors (Lipinski definition) is 6. The fraction of sp³-hybridized carbons (Fsp3) is 0.250. The Hall–Kier alpha value is -3.75. The van der Waals surface area contributed by atoms with Gasteiger partial charge in [0, 0.05) is 17.3 Å². The van der Waals surface area contributed by atoms with Crippen LogP contribution in [0.15, 0.2) is 42.5 Å². The molecule has 0 fully saturated rings. The third-order valence-corrected chi connectivity index (χ3v) is 4.06. The van der Waals surface area contributed by atoms with E-state index in [1.54, 1.807) is 42.5 Å². The van der Waals surface area contributed by atoms with E-state index in [9.17, 15) is 14.4 Å². The molecule has 0 bridgehead atoms. The first-order valence-electron chi connectivity index (χ1n) is 8.53. The summed E-state index contributed by atoms with van der Waals surface area (Å²) in [6, 6.07) is 11.4. The zero-order valence-corrected chi connectivity index (χ0v) is 15.9. The van der Waals surface area contributed by atoms with Crippen LogP contribution in [-0.4, -0.2) is 42.5 Å². The lowest BCUT2D eigenvalue weighted by atomic mass is 9.98. The number of hydrogen-bond donors (Lipinski definition) is 3. The highest BCUT2D eigenvalue weighted by Gasteiger charge is 2.26. The molecule has 0 saturated heterocycles. The number of rotatable bonds is 9. The van der Waals surface area contributed by atoms with Gasteiger partial charge in [0.15, 0.2) is 5.92 Å². The van der Waals surface area contributed by atoms with E-state index in [1.807, 2.05) is 0 Å². The Morgan fingerprint density at radius 3 is 2.34 bits per heavy atom. The van der Waals surface area contributed by atoms with Gasteiger partial charge in [0.2, 0.25) is 0 Å². The molecule has 2 aromatic rings. The molecule has 1 amide bonds. The van der Waals surface area contributed by atoms with Crippen molar-refractivity contribution in [2.24, 2.45) is 5.92 Å². The fourth-order valence-corrected chi connectivity index (χ4v) is 2.59. The molecule has 3 N–H and O–H groups in total. The van der Waals surface area contributed by atoms with Crippen LogP contribution in [0.3, 0.4) is 0 Å². The van der Waals surface area contributed by atoms with E-state index in [1.165, 1.54) is 14.2 Å². The molecule has 0 radical (unpaired) electrons. The van der Waals surface area contributed by atoms with Crippen LogP contribution < -0.4 is 14.8 Å². The number of carbonyl (C=O) groups is 3. The Balaban J connectivity index is 2.07. The number of anilines is 1. The SMILES string of the molecule is COc1cccc(NC(=O)OCc2cc(CC(C(=O)O)C(=O)O)ccc2OC)c1. The van der Waals surface area contributed by atoms with E-state index >= 15 is 0 Å². The number of amides is 1. The van der Waals surface area contributed by atoms with E-state index in [4.69, 9.17) is 24.4 Å². The lowest BCUT2D eigenvalue weighted by Gasteiger charge is -2.13. The van der Waals surface area contributed by atoms with Crippen molar-refractivity contribution in [2.75, 3.05) is 19.5 Å². The van der Waals surface area contributed by atoms with Crippen molar-refractivity contribution in [1.82, 2.24) is 0 Å². The number of nitrogens with one attached hydrogen (secondary N) is 1. The molecular formula is C20H21NO8. The van der Waals surface area contributed by atoms with E-state index in [-0.39, 0.29) is 13.0 Å². The molecule has 0 heterocycles. The van der Waals surface area contributed by atoms with Crippen molar-refractivity contribution in [2.45, 2.75) is 13.0 Å².